The highest BCUT2D eigenvalue weighted by Gasteiger charge is 2.32. The van der Waals surface area contributed by atoms with Gasteiger partial charge in [-0.25, -0.2) is 4.79 Å². The molecular formula is C10H12O2. The molecule has 0 heterocycles. The van der Waals surface area contributed by atoms with Crippen molar-refractivity contribution in [3.8, 4) is 0 Å². The van der Waals surface area contributed by atoms with Crippen LogP contribution in [0.5, 0.6) is 0 Å². The molecule has 1 saturated carbocycles. The lowest BCUT2D eigenvalue weighted by atomic mass is 9.94. The van der Waals surface area contributed by atoms with Gasteiger partial charge in [0.05, 0.1) is 5.57 Å². The number of aliphatic carboxylic acids is 1. The molecule has 2 bridgehead atoms. The quantitative estimate of drug-likeness (QED) is 0.635. The summed E-state index contributed by atoms with van der Waals surface area (Å²) < 4.78 is 0. The first-order valence-corrected chi connectivity index (χ1v) is 4.32. The number of hydrogen-bond donors (Lipinski definition) is 1. The molecule has 0 amide bonds. The zero-order chi connectivity index (χ0) is 8.72. The van der Waals surface area contributed by atoms with Crippen LogP contribution in [-0.4, -0.2) is 11.1 Å². The third-order valence-electron chi connectivity index (χ3n) is 2.93. The lowest BCUT2D eigenvalue weighted by Gasteiger charge is -2.11. The van der Waals surface area contributed by atoms with Gasteiger partial charge in [0.15, 0.2) is 0 Å². The third kappa shape index (κ3) is 0.986. The maximum atomic E-state index is 10.6. The summed E-state index contributed by atoms with van der Waals surface area (Å²) in [5, 5.41) is 8.74. The molecule has 0 aliphatic heterocycles. The van der Waals surface area contributed by atoms with Gasteiger partial charge in [-0.1, -0.05) is 12.2 Å². The van der Waals surface area contributed by atoms with Gasteiger partial charge in [-0.3, -0.25) is 0 Å². The average molecular weight is 164 g/mol. The monoisotopic (exact) mass is 164 g/mol. The summed E-state index contributed by atoms with van der Waals surface area (Å²) in [5.41, 5.74) is 2.72. The Balaban J connectivity index is 2.25. The Labute approximate surface area is 71.6 Å². The molecule has 12 heavy (non-hydrogen) atoms. The second kappa shape index (κ2) is 2.47. The SMILES string of the molecule is C=C(C(=O)O)C1=C2CCC(C2)C1. The molecule has 0 spiro atoms. The summed E-state index contributed by atoms with van der Waals surface area (Å²) in [6.07, 6.45) is 4.44. The van der Waals surface area contributed by atoms with Crippen LogP contribution in [0, 0.1) is 5.92 Å². The zero-order valence-corrected chi connectivity index (χ0v) is 6.97. The highest BCUT2D eigenvalue weighted by atomic mass is 16.4. The van der Waals surface area contributed by atoms with Crippen LogP contribution in [0.1, 0.15) is 25.7 Å². The number of carboxylic acid groups (broad SMARTS) is 1. The van der Waals surface area contributed by atoms with E-state index in [-0.39, 0.29) is 0 Å². The summed E-state index contributed by atoms with van der Waals surface area (Å²) >= 11 is 0. The van der Waals surface area contributed by atoms with Crippen molar-refractivity contribution < 1.29 is 9.90 Å². The Morgan fingerprint density at radius 3 is 2.67 bits per heavy atom. The molecule has 1 fully saturated rings. The van der Waals surface area contributed by atoms with Crippen LogP contribution in [0.4, 0.5) is 0 Å². The first-order chi connectivity index (χ1) is 5.68. The minimum Gasteiger partial charge on any atom is -0.478 e. The average Bonchev–Trinajstić information content (AvgIpc) is 2.62. The van der Waals surface area contributed by atoms with E-state index in [1.807, 2.05) is 0 Å². The number of allylic oxidation sites excluding steroid dienone is 1. The summed E-state index contributed by atoms with van der Waals surface area (Å²) in [5.74, 6) is -0.129. The van der Waals surface area contributed by atoms with Crippen LogP contribution in [0.3, 0.4) is 0 Å². The predicted molar refractivity (Wildman–Crippen MR) is 45.8 cm³/mol. The van der Waals surface area contributed by atoms with Gasteiger partial charge in [0.2, 0.25) is 0 Å². The highest BCUT2D eigenvalue weighted by molar-refractivity contribution is 5.91. The summed E-state index contributed by atoms with van der Waals surface area (Å²) in [7, 11) is 0. The molecular weight excluding hydrogens is 152 g/mol. The molecule has 2 aliphatic carbocycles. The lowest BCUT2D eigenvalue weighted by molar-refractivity contribution is -0.132. The van der Waals surface area contributed by atoms with E-state index in [2.05, 4.69) is 6.58 Å². The molecule has 0 radical (unpaired) electrons. The maximum Gasteiger partial charge on any atom is 0.335 e. The van der Waals surface area contributed by atoms with Gasteiger partial charge in [0.25, 0.3) is 0 Å². The second-order valence-corrected chi connectivity index (χ2v) is 3.68. The fourth-order valence-electron chi connectivity index (χ4n) is 2.28. The first-order valence-electron chi connectivity index (χ1n) is 4.32. The first kappa shape index (κ1) is 7.59. The fraction of sp³-hybridized carbons (Fsp3) is 0.500. The van der Waals surface area contributed by atoms with E-state index in [0.717, 1.165) is 30.8 Å². The minimum atomic E-state index is -0.856. The highest BCUT2D eigenvalue weighted by Crippen LogP contribution is 2.46. The van der Waals surface area contributed by atoms with Crippen molar-refractivity contribution in [2.45, 2.75) is 25.7 Å². The van der Waals surface area contributed by atoms with Gasteiger partial charge in [-0.05, 0) is 37.2 Å². The van der Waals surface area contributed by atoms with Crippen LogP contribution in [0.15, 0.2) is 23.3 Å². The van der Waals surface area contributed by atoms with E-state index in [9.17, 15) is 4.79 Å². The Kier molecular flexibility index (Phi) is 1.56. The molecule has 0 aromatic rings. The van der Waals surface area contributed by atoms with Crippen molar-refractivity contribution in [1.29, 1.82) is 0 Å². The minimum absolute atomic E-state index is 0.326. The van der Waals surface area contributed by atoms with E-state index >= 15 is 0 Å². The van der Waals surface area contributed by atoms with Crippen LogP contribution in [-0.2, 0) is 4.79 Å². The van der Waals surface area contributed by atoms with Crippen molar-refractivity contribution in [2.24, 2.45) is 5.92 Å². The van der Waals surface area contributed by atoms with Gasteiger partial charge >= 0.3 is 5.97 Å². The number of rotatable bonds is 2. The molecule has 0 aromatic carbocycles. The standard InChI is InChI=1S/C10H12O2/c1-6(10(11)12)9-5-7-2-3-8(9)4-7/h7H,1-5H2,(H,11,12). The van der Waals surface area contributed by atoms with Crippen molar-refractivity contribution in [3.63, 3.8) is 0 Å². The fourth-order valence-corrected chi connectivity index (χ4v) is 2.28. The number of fused-ring (bicyclic) bond motifs is 2. The predicted octanol–water partition coefficient (Wildman–Crippen LogP) is 2.13. The topological polar surface area (TPSA) is 37.3 Å². The largest absolute Gasteiger partial charge is 0.478 e. The van der Waals surface area contributed by atoms with E-state index < -0.39 is 5.97 Å². The van der Waals surface area contributed by atoms with E-state index in [0.29, 0.717) is 5.57 Å². The number of carbonyl (C=O) groups is 1. The normalized spacial score (nSPS) is 26.5. The Morgan fingerprint density at radius 1 is 1.50 bits per heavy atom. The zero-order valence-electron chi connectivity index (χ0n) is 6.97. The Hall–Kier alpha value is -1.05. The molecule has 1 N–H and O–H groups in total. The van der Waals surface area contributed by atoms with Gasteiger partial charge in [0.1, 0.15) is 0 Å². The van der Waals surface area contributed by atoms with Crippen LogP contribution in [0.25, 0.3) is 0 Å². The Morgan fingerprint density at radius 2 is 2.25 bits per heavy atom. The Bertz CT molecular complexity index is 286. The molecule has 2 rings (SSSR count). The van der Waals surface area contributed by atoms with E-state index in [1.165, 1.54) is 12.0 Å². The van der Waals surface area contributed by atoms with Crippen molar-refractivity contribution in [1.82, 2.24) is 0 Å². The van der Waals surface area contributed by atoms with Crippen molar-refractivity contribution in [3.05, 3.63) is 23.3 Å². The summed E-state index contributed by atoms with van der Waals surface area (Å²) in [4.78, 5) is 10.6. The maximum absolute atomic E-state index is 10.6. The molecule has 2 aliphatic rings. The molecule has 64 valence electrons. The van der Waals surface area contributed by atoms with Crippen molar-refractivity contribution >= 4 is 5.97 Å². The molecule has 1 atom stereocenters. The van der Waals surface area contributed by atoms with Gasteiger partial charge in [0, 0.05) is 0 Å². The van der Waals surface area contributed by atoms with Gasteiger partial charge in [-0.2, -0.15) is 0 Å². The van der Waals surface area contributed by atoms with Crippen molar-refractivity contribution in [2.75, 3.05) is 0 Å². The molecule has 0 saturated heterocycles. The van der Waals surface area contributed by atoms with Gasteiger partial charge < -0.3 is 5.11 Å². The summed E-state index contributed by atoms with van der Waals surface area (Å²) in [6.45, 7) is 3.60. The molecule has 2 heteroatoms. The van der Waals surface area contributed by atoms with Crippen LogP contribution >= 0.6 is 0 Å². The van der Waals surface area contributed by atoms with Gasteiger partial charge in [-0.15, -0.1) is 0 Å². The van der Waals surface area contributed by atoms with E-state index in [1.54, 1.807) is 0 Å². The molecule has 1 unspecified atom stereocenters. The number of carboxylic acids is 1. The van der Waals surface area contributed by atoms with E-state index in [4.69, 9.17) is 5.11 Å². The third-order valence-corrected chi connectivity index (χ3v) is 2.93. The second-order valence-electron chi connectivity index (χ2n) is 3.68. The molecule has 0 aromatic heterocycles. The van der Waals surface area contributed by atoms with Crippen LogP contribution < -0.4 is 0 Å². The van der Waals surface area contributed by atoms with Crippen LogP contribution in [0.2, 0.25) is 0 Å². The smallest absolute Gasteiger partial charge is 0.335 e. The number of hydrogen-bond acceptors (Lipinski definition) is 1. The summed E-state index contributed by atoms with van der Waals surface area (Å²) in [6, 6.07) is 0. The molecule has 2 nitrogen and oxygen atoms in total. The lowest BCUT2D eigenvalue weighted by Crippen LogP contribution is -2.05.